The number of thioether (sulfide) groups is 1. The molecule has 1 saturated heterocycles. The molecule has 2 aliphatic heterocycles. The second-order valence-electron chi connectivity index (χ2n) is 9.19. The lowest BCUT2D eigenvalue weighted by Crippen LogP contribution is -2.71. The highest BCUT2D eigenvalue weighted by Gasteiger charge is 2.54. The minimum Gasteiger partial charge on any atom is -0.497 e. The Balaban J connectivity index is 1.49. The quantitative estimate of drug-likeness (QED) is 0.145. The van der Waals surface area contributed by atoms with Gasteiger partial charge in [0.05, 0.1) is 12.8 Å². The number of thiazole rings is 1. The molecule has 2 aromatic rings. The topological polar surface area (TPSA) is 203 Å². The van der Waals surface area contributed by atoms with E-state index in [0.717, 1.165) is 16.2 Å². The summed E-state index contributed by atoms with van der Waals surface area (Å²) in [6.45, 7) is 0.748. The summed E-state index contributed by atoms with van der Waals surface area (Å²) >= 11 is 7.68. The number of carboxylic acids is 1. The number of carbonyl (C=O) groups is 6. The second kappa shape index (κ2) is 14.4. The number of aliphatic carboxylic acids is 1. The smallest absolute Gasteiger partial charge is 0.408 e. The Bertz CT molecular complexity index is 1500. The first kappa shape index (κ1) is 32.6. The highest BCUT2D eigenvalue weighted by atomic mass is 35.5. The number of alkyl halides is 1. The van der Waals surface area contributed by atoms with Gasteiger partial charge in [0.15, 0.2) is 11.2 Å². The predicted octanol–water partition coefficient (Wildman–Crippen LogP) is 1.60. The van der Waals surface area contributed by atoms with Crippen molar-refractivity contribution in [2.24, 2.45) is 0 Å². The van der Waals surface area contributed by atoms with E-state index in [2.05, 4.69) is 20.9 Å². The molecule has 3 atom stereocenters. The summed E-state index contributed by atoms with van der Waals surface area (Å²) in [6.07, 6.45) is -0.972. The van der Waals surface area contributed by atoms with Crippen molar-refractivity contribution in [3.05, 3.63) is 52.2 Å². The molecule has 44 heavy (non-hydrogen) atoms. The largest absolute Gasteiger partial charge is 0.497 e. The number of methoxy groups -OCH3 is 1. The maximum absolute atomic E-state index is 13.5. The van der Waals surface area contributed by atoms with Gasteiger partial charge in [-0.15, -0.1) is 34.7 Å². The number of carbonyl (C=O) groups excluding carboxylic acids is 5. The fraction of sp³-hybridized carbons (Fsp3) is 0.346. The van der Waals surface area contributed by atoms with Crippen LogP contribution in [0.2, 0.25) is 0 Å². The van der Waals surface area contributed by atoms with Crippen LogP contribution in [-0.4, -0.2) is 87.5 Å². The zero-order valence-electron chi connectivity index (χ0n) is 23.2. The summed E-state index contributed by atoms with van der Waals surface area (Å²) in [6, 6.07) is 4.16. The van der Waals surface area contributed by atoms with Gasteiger partial charge in [-0.2, -0.15) is 0 Å². The number of rotatable bonds is 12. The van der Waals surface area contributed by atoms with Crippen LogP contribution >= 0.6 is 34.7 Å². The van der Waals surface area contributed by atoms with Gasteiger partial charge in [0.2, 0.25) is 11.8 Å². The number of amides is 4. The van der Waals surface area contributed by atoms with Gasteiger partial charge in [-0.05, 0) is 17.7 Å². The van der Waals surface area contributed by atoms with Gasteiger partial charge in [-0.3, -0.25) is 24.1 Å². The van der Waals surface area contributed by atoms with Gasteiger partial charge in [-0.1, -0.05) is 12.1 Å². The van der Waals surface area contributed by atoms with Gasteiger partial charge < -0.3 is 35.3 Å². The summed E-state index contributed by atoms with van der Waals surface area (Å²) in [7, 11) is 1.52. The Morgan fingerprint density at radius 2 is 1.89 bits per heavy atom. The number of hydrogen-bond acceptors (Lipinski definition) is 12. The van der Waals surface area contributed by atoms with Gasteiger partial charge in [0.25, 0.3) is 5.91 Å². The fourth-order valence-corrected chi connectivity index (χ4v) is 6.30. The van der Waals surface area contributed by atoms with Crippen molar-refractivity contribution in [2.45, 2.75) is 31.0 Å². The van der Waals surface area contributed by atoms with Crippen molar-refractivity contribution in [2.75, 3.05) is 30.7 Å². The van der Waals surface area contributed by atoms with Crippen LogP contribution in [0.5, 0.6) is 5.75 Å². The zero-order chi connectivity index (χ0) is 32.0. The predicted molar refractivity (Wildman–Crippen MR) is 157 cm³/mol. The molecule has 0 spiro atoms. The van der Waals surface area contributed by atoms with Crippen LogP contribution in [0.25, 0.3) is 0 Å². The molecule has 0 aliphatic carbocycles. The number of alkyl carbamates (subject to hydrolysis) is 1. The van der Waals surface area contributed by atoms with Crippen molar-refractivity contribution < 1.29 is 48.1 Å². The lowest BCUT2D eigenvalue weighted by atomic mass is 10.0. The van der Waals surface area contributed by atoms with Crippen LogP contribution in [0.4, 0.5) is 9.93 Å². The standard InChI is InChI=1S/C26H26ClN5O10S2/c1-12(33)41-9-14-10-43-23-19(22(36)32(23)20(14)24(37)38)30-21(35)18(16-11-44-25(28-16)29-17(34)7-27)31-26(39)42-8-13-3-5-15(40-2)6-4-13/h3-6,11,18-19,23H,7-10H2,1-2H3,(H,30,35)(H,31,39)(H,37,38)(H,28,29,34)/t18?,19-,23?/m0/s1. The number of carboxylic acid groups (broad SMARTS) is 1. The van der Waals surface area contributed by atoms with Crippen molar-refractivity contribution in [3.63, 3.8) is 0 Å². The second-order valence-corrected chi connectivity index (χ2v) is 11.4. The Kier molecular flexibility index (Phi) is 10.7. The first-order valence-corrected chi connectivity index (χ1v) is 15.2. The Labute approximate surface area is 263 Å². The van der Waals surface area contributed by atoms with E-state index in [0.29, 0.717) is 11.3 Å². The Morgan fingerprint density at radius 3 is 2.52 bits per heavy atom. The van der Waals surface area contributed by atoms with Crippen molar-refractivity contribution in [3.8, 4) is 5.75 Å². The van der Waals surface area contributed by atoms with Crippen LogP contribution in [0.15, 0.2) is 40.9 Å². The molecule has 0 saturated carbocycles. The molecule has 2 unspecified atom stereocenters. The molecular weight excluding hydrogens is 642 g/mol. The number of aromatic nitrogens is 1. The number of anilines is 1. The third-order valence-corrected chi connectivity index (χ3v) is 8.59. The lowest BCUT2D eigenvalue weighted by molar-refractivity contribution is -0.151. The highest BCUT2D eigenvalue weighted by Crippen LogP contribution is 2.40. The van der Waals surface area contributed by atoms with Gasteiger partial charge >= 0.3 is 18.0 Å². The number of halogens is 1. The monoisotopic (exact) mass is 667 g/mol. The van der Waals surface area contributed by atoms with E-state index < -0.39 is 53.2 Å². The number of benzene rings is 1. The fourth-order valence-electron chi connectivity index (χ4n) is 4.15. The molecule has 0 bridgehead atoms. The number of fused-ring (bicyclic) bond motifs is 1. The number of esters is 1. The molecule has 18 heteroatoms. The lowest BCUT2D eigenvalue weighted by Gasteiger charge is -2.49. The Hall–Kier alpha value is -4.35. The molecule has 4 rings (SSSR count). The number of hydrogen-bond donors (Lipinski definition) is 4. The zero-order valence-corrected chi connectivity index (χ0v) is 25.5. The van der Waals surface area contributed by atoms with E-state index in [1.165, 1.54) is 31.2 Å². The molecular formula is C26H26ClN5O10S2. The number of nitrogens with one attached hydrogen (secondary N) is 3. The molecule has 0 radical (unpaired) electrons. The van der Waals surface area contributed by atoms with Crippen molar-refractivity contribution in [1.82, 2.24) is 20.5 Å². The molecule has 1 aromatic carbocycles. The summed E-state index contributed by atoms with van der Waals surface area (Å²) in [5, 5.41) is 18.0. The minimum atomic E-state index is -1.46. The minimum absolute atomic E-state index is 0.0356. The normalized spacial score (nSPS) is 17.9. The third-order valence-electron chi connectivity index (χ3n) is 6.24. The molecule has 1 aromatic heterocycles. The number of ether oxygens (including phenoxy) is 3. The van der Waals surface area contributed by atoms with Crippen LogP contribution in [-0.2, 0) is 40.1 Å². The highest BCUT2D eigenvalue weighted by molar-refractivity contribution is 8.00. The first-order chi connectivity index (χ1) is 21.0. The van der Waals surface area contributed by atoms with Crippen LogP contribution in [0.3, 0.4) is 0 Å². The molecule has 234 valence electrons. The van der Waals surface area contributed by atoms with Gasteiger partial charge in [0, 0.05) is 23.6 Å². The third kappa shape index (κ3) is 7.59. The summed E-state index contributed by atoms with van der Waals surface area (Å²) in [5.41, 5.74) is 0.599. The van der Waals surface area contributed by atoms with Crippen LogP contribution in [0, 0.1) is 0 Å². The van der Waals surface area contributed by atoms with E-state index in [1.54, 1.807) is 24.3 Å². The first-order valence-electron chi connectivity index (χ1n) is 12.7. The van der Waals surface area contributed by atoms with E-state index in [-0.39, 0.29) is 46.9 Å². The molecule has 3 heterocycles. The van der Waals surface area contributed by atoms with Crippen LogP contribution < -0.4 is 20.7 Å². The molecule has 15 nitrogen and oxygen atoms in total. The average molecular weight is 668 g/mol. The Morgan fingerprint density at radius 1 is 1.16 bits per heavy atom. The number of β-lactam (4-membered cyclic amide) rings is 1. The van der Waals surface area contributed by atoms with Gasteiger partial charge in [0.1, 0.15) is 42.0 Å². The molecule has 4 N–H and O–H groups in total. The van der Waals surface area contributed by atoms with Crippen molar-refractivity contribution in [1.29, 1.82) is 0 Å². The molecule has 1 fully saturated rings. The SMILES string of the molecule is COc1ccc(COC(=O)NC(C(=O)N[C@H]2C(=O)N3C(C(=O)O)=C(COC(C)=O)CSC23)c2csc(NC(=O)CCl)n2)cc1. The maximum Gasteiger partial charge on any atom is 0.408 e. The maximum atomic E-state index is 13.5. The van der Waals surface area contributed by atoms with E-state index in [4.69, 9.17) is 25.8 Å². The summed E-state index contributed by atoms with van der Waals surface area (Å²) < 4.78 is 15.3. The molecule has 2 aliphatic rings. The van der Waals surface area contributed by atoms with Crippen molar-refractivity contribution >= 4 is 75.6 Å². The van der Waals surface area contributed by atoms with Gasteiger partial charge in [-0.25, -0.2) is 14.6 Å². The summed E-state index contributed by atoms with van der Waals surface area (Å²) in [5.74, 6) is -3.66. The van der Waals surface area contributed by atoms with E-state index >= 15 is 0 Å². The van der Waals surface area contributed by atoms with E-state index in [9.17, 15) is 33.9 Å². The van der Waals surface area contributed by atoms with Crippen LogP contribution in [0.1, 0.15) is 24.2 Å². The van der Waals surface area contributed by atoms with E-state index in [1.807, 2.05) is 0 Å². The average Bonchev–Trinajstić information content (AvgIpc) is 3.47. The number of nitrogens with zero attached hydrogens (tertiary/aromatic N) is 2. The molecule has 4 amide bonds. The summed E-state index contributed by atoms with van der Waals surface area (Å²) in [4.78, 5) is 79.4.